The zero-order valence-electron chi connectivity index (χ0n) is 8.48. The predicted octanol–water partition coefficient (Wildman–Crippen LogP) is 3.29. The molecule has 0 amide bonds. The van der Waals surface area contributed by atoms with Crippen LogP contribution in [-0.2, 0) is 6.18 Å². The molecule has 1 aromatic carbocycles. The van der Waals surface area contributed by atoms with Crippen molar-refractivity contribution in [3.05, 3.63) is 48.4 Å². The zero-order valence-corrected chi connectivity index (χ0v) is 8.48. The third-order valence-corrected chi connectivity index (χ3v) is 1.85. The first kappa shape index (κ1) is 11.4. The lowest BCUT2D eigenvalue weighted by Crippen LogP contribution is -2.10. The highest BCUT2D eigenvalue weighted by Crippen LogP contribution is 2.27. The van der Waals surface area contributed by atoms with Gasteiger partial charge in [0.25, 0.3) is 0 Å². The second-order valence-corrected chi connectivity index (χ2v) is 3.13. The number of rotatable bonds is 2. The van der Waals surface area contributed by atoms with Gasteiger partial charge in [0.05, 0.1) is 0 Å². The number of benzene rings is 1. The van der Waals surface area contributed by atoms with Gasteiger partial charge in [0, 0.05) is 12.3 Å². The Kier molecular flexibility index (Phi) is 2.95. The number of alkyl halides is 3. The van der Waals surface area contributed by atoms with E-state index in [0.717, 1.165) is 6.20 Å². The summed E-state index contributed by atoms with van der Waals surface area (Å²) in [4.78, 5) is 6.42. The van der Waals surface area contributed by atoms with Gasteiger partial charge in [-0.2, -0.15) is 18.2 Å². The fraction of sp³-hybridized carbons (Fsp3) is 0.0909. The number of hydrogen-bond acceptors (Lipinski definition) is 3. The molecule has 0 saturated heterocycles. The van der Waals surface area contributed by atoms with Gasteiger partial charge in [0.15, 0.2) is 0 Å². The topological polar surface area (TPSA) is 35.0 Å². The minimum Gasteiger partial charge on any atom is -0.439 e. The highest BCUT2D eigenvalue weighted by atomic mass is 19.4. The van der Waals surface area contributed by atoms with Crippen molar-refractivity contribution < 1.29 is 17.9 Å². The van der Waals surface area contributed by atoms with Crippen LogP contribution < -0.4 is 4.74 Å². The number of halogens is 3. The molecular formula is C11H7F3N2O. The van der Waals surface area contributed by atoms with E-state index in [0.29, 0.717) is 5.75 Å². The van der Waals surface area contributed by atoms with Crippen molar-refractivity contribution in [1.82, 2.24) is 9.97 Å². The molecule has 2 rings (SSSR count). The van der Waals surface area contributed by atoms with Gasteiger partial charge in [-0.15, -0.1) is 0 Å². The zero-order chi connectivity index (χ0) is 12.3. The molecule has 0 aliphatic carbocycles. The molecule has 0 N–H and O–H groups in total. The molecule has 2 aromatic rings. The third kappa shape index (κ3) is 2.93. The Morgan fingerprint density at radius 3 is 2.35 bits per heavy atom. The minimum absolute atomic E-state index is 0.140. The second-order valence-electron chi connectivity index (χ2n) is 3.13. The predicted molar refractivity (Wildman–Crippen MR) is 53.6 cm³/mol. The molecule has 6 heteroatoms. The lowest BCUT2D eigenvalue weighted by atomic mass is 10.3. The van der Waals surface area contributed by atoms with Gasteiger partial charge in [-0.3, -0.25) is 0 Å². The van der Waals surface area contributed by atoms with Crippen molar-refractivity contribution in [3.8, 4) is 11.6 Å². The molecular weight excluding hydrogens is 233 g/mol. The number of nitrogens with zero attached hydrogens (tertiary/aromatic N) is 2. The molecule has 17 heavy (non-hydrogen) atoms. The Morgan fingerprint density at radius 1 is 1.00 bits per heavy atom. The van der Waals surface area contributed by atoms with Crippen LogP contribution in [0.3, 0.4) is 0 Å². The summed E-state index contributed by atoms with van der Waals surface area (Å²) >= 11 is 0. The summed E-state index contributed by atoms with van der Waals surface area (Å²) in [5.74, 6) is -0.941. The van der Waals surface area contributed by atoms with E-state index in [1.165, 1.54) is 6.07 Å². The van der Waals surface area contributed by atoms with Gasteiger partial charge >= 0.3 is 6.18 Å². The number of aromatic nitrogens is 2. The van der Waals surface area contributed by atoms with Crippen molar-refractivity contribution in [2.75, 3.05) is 0 Å². The standard InChI is InChI=1S/C11H7F3N2O/c12-11(13,14)10-15-7-6-9(16-10)17-8-4-2-1-3-5-8/h1-7H. The number of hydrogen-bond donors (Lipinski definition) is 0. The van der Waals surface area contributed by atoms with E-state index in [9.17, 15) is 13.2 Å². The molecule has 88 valence electrons. The highest BCUT2D eigenvalue weighted by Gasteiger charge is 2.34. The SMILES string of the molecule is FC(F)(F)c1nccc(Oc2ccccc2)n1. The van der Waals surface area contributed by atoms with Crippen LogP contribution in [0.4, 0.5) is 13.2 Å². The lowest BCUT2D eigenvalue weighted by molar-refractivity contribution is -0.145. The van der Waals surface area contributed by atoms with Crippen LogP contribution in [0.5, 0.6) is 11.6 Å². The van der Waals surface area contributed by atoms with Gasteiger partial charge < -0.3 is 4.74 Å². The largest absolute Gasteiger partial charge is 0.451 e. The first-order valence-corrected chi connectivity index (χ1v) is 4.69. The summed E-state index contributed by atoms with van der Waals surface area (Å²) < 4.78 is 42.1. The average molecular weight is 240 g/mol. The highest BCUT2D eigenvalue weighted by molar-refractivity contribution is 5.26. The molecule has 0 unspecified atom stereocenters. The van der Waals surface area contributed by atoms with E-state index >= 15 is 0 Å². The van der Waals surface area contributed by atoms with Gasteiger partial charge in [0.2, 0.25) is 11.7 Å². The fourth-order valence-electron chi connectivity index (χ4n) is 1.14. The smallest absolute Gasteiger partial charge is 0.439 e. The molecule has 0 saturated carbocycles. The molecule has 1 heterocycles. The Labute approximate surface area is 94.9 Å². The molecule has 0 aliphatic heterocycles. The van der Waals surface area contributed by atoms with E-state index in [1.807, 2.05) is 0 Å². The number of para-hydroxylation sites is 1. The minimum atomic E-state index is -4.57. The molecule has 3 nitrogen and oxygen atoms in total. The first-order chi connectivity index (χ1) is 8.05. The van der Waals surface area contributed by atoms with E-state index in [1.54, 1.807) is 30.3 Å². The van der Waals surface area contributed by atoms with Crippen LogP contribution in [-0.4, -0.2) is 9.97 Å². The van der Waals surface area contributed by atoms with Crippen molar-refractivity contribution in [2.45, 2.75) is 6.18 Å². The summed E-state index contributed by atoms with van der Waals surface area (Å²) in [5, 5.41) is 0. The lowest BCUT2D eigenvalue weighted by Gasteiger charge is -2.07. The molecule has 0 atom stereocenters. The molecule has 0 spiro atoms. The Balaban J connectivity index is 2.23. The average Bonchev–Trinajstić information content (AvgIpc) is 2.29. The summed E-state index contributed by atoms with van der Waals surface area (Å²) in [7, 11) is 0. The number of ether oxygens (including phenoxy) is 1. The van der Waals surface area contributed by atoms with Crippen LogP contribution in [0.2, 0.25) is 0 Å². The molecule has 0 aliphatic rings. The monoisotopic (exact) mass is 240 g/mol. The van der Waals surface area contributed by atoms with E-state index in [2.05, 4.69) is 9.97 Å². The van der Waals surface area contributed by atoms with E-state index < -0.39 is 12.0 Å². The van der Waals surface area contributed by atoms with Gasteiger partial charge in [-0.1, -0.05) is 18.2 Å². The van der Waals surface area contributed by atoms with Crippen molar-refractivity contribution in [1.29, 1.82) is 0 Å². The molecule has 1 aromatic heterocycles. The summed E-state index contributed by atoms with van der Waals surface area (Å²) in [6.07, 6.45) is -3.57. The molecule has 0 radical (unpaired) electrons. The normalized spacial score (nSPS) is 11.2. The van der Waals surface area contributed by atoms with E-state index in [-0.39, 0.29) is 5.88 Å². The maximum Gasteiger partial charge on any atom is 0.451 e. The first-order valence-electron chi connectivity index (χ1n) is 4.69. The Bertz CT molecular complexity index is 500. The maximum absolute atomic E-state index is 12.3. The quantitative estimate of drug-likeness (QED) is 0.807. The Morgan fingerprint density at radius 2 is 1.71 bits per heavy atom. The van der Waals surface area contributed by atoms with Crippen molar-refractivity contribution in [3.63, 3.8) is 0 Å². The van der Waals surface area contributed by atoms with Gasteiger partial charge in [0.1, 0.15) is 5.75 Å². The van der Waals surface area contributed by atoms with Crippen LogP contribution in [0.1, 0.15) is 5.82 Å². The van der Waals surface area contributed by atoms with Crippen LogP contribution in [0.15, 0.2) is 42.6 Å². The van der Waals surface area contributed by atoms with Crippen LogP contribution in [0.25, 0.3) is 0 Å². The van der Waals surface area contributed by atoms with Crippen LogP contribution in [0, 0.1) is 0 Å². The maximum atomic E-state index is 12.3. The second kappa shape index (κ2) is 4.40. The fourth-order valence-corrected chi connectivity index (χ4v) is 1.14. The van der Waals surface area contributed by atoms with Gasteiger partial charge in [-0.05, 0) is 12.1 Å². The van der Waals surface area contributed by atoms with Crippen molar-refractivity contribution >= 4 is 0 Å². The molecule has 0 fully saturated rings. The van der Waals surface area contributed by atoms with Crippen molar-refractivity contribution in [2.24, 2.45) is 0 Å². The summed E-state index contributed by atoms with van der Waals surface area (Å²) in [6.45, 7) is 0. The molecule has 0 bridgehead atoms. The Hall–Kier alpha value is -2.11. The summed E-state index contributed by atoms with van der Waals surface area (Å²) in [5.41, 5.74) is 0. The van der Waals surface area contributed by atoms with Crippen LogP contribution >= 0.6 is 0 Å². The summed E-state index contributed by atoms with van der Waals surface area (Å²) in [6, 6.07) is 9.70. The third-order valence-electron chi connectivity index (χ3n) is 1.85. The van der Waals surface area contributed by atoms with Gasteiger partial charge in [-0.25, -0.2) is 4.98 Å². The van der Waals surface area contributed by atoms with E-state index in [4.69, 9.17) is 4.74 Å².